The van der Waals surface area contributed by atoms with Gasteiger partial charge in [0.2, 0.25) is 10.0 Å². The molecule has 7 heteroatoms. The Balaban J connectivity index is 1.85. The zero-order chi connectivity index (χ0) is 16.7. The first-order chi connectivity index (χ1) is 11.0. The number of carbonyl (C=O) groups is 1. The van der Waals surface area contributed by atoms with E-state index in [2.05, 4.69) is 10.0 Å². The van der Waals surface area contributed by atoms with Crippen LogP contribution in [0.4, 0.5) is 0 Å². The monoisotopic (exact) mass is 329 g/mol. The van der Waals surface area contributed by atoms with E-state index in [0.717, 1.165) is 0 Å². The number of nitrogens with one attached hydrogen (secondary N) is 2. The largest absolute Gasteiger partial charge is 0.351 e. The van der Waals surface area contributed by atoms with Gasteiger partial charge in [-0.25, -0.2) is 13.1 Å². The molecule has 0 saturated carbocycles. The van der Waals surface area contributed by atoms with Crippen molar-refractivity contribution < 1.29 is 13.2 Å². The molecule has 23 heavy (non-hydrogen) atoms. The molecular formula is C16H15N3O3S. The van der Waals surface area contributed by atoms with Crippen LogP contribution in [0.25, 0.3) is 0 Å². The third kappa shape index (κ3) is 4.64. The molecule has 0 aliphatic carbocycles. The van der Waals surface area contributed by atoms with Crippen LogP contribution in [-0.2, 0) is 10.0 Å². The van der Waals surface area contributed by atoms with Gasteiger partial charge in [0.05, 0.1) is 16.5 Å². The van der Waals surface area contributed by atoms with Crippen LogP contribution in [0.5, 0.6) is 0 Å². The van der Waals surface area contributed by atoms with Crippen molar-refractivity contribution in [3.05, 3.63) is 65.7 Å². The highest BCUT2D eigenvalue weighted by molar-refractivity contribution is 7.89. The third-order valence-electron chi connectivity index (χ3n) is 3.03. The fraction of sp³-hybridized carbons (Fsp3) is 0.125. The van der Waals surface area contributed by atoms with Gasteiger partial charge in [-0.3, -0.25) is 4.79 Å². The van der Waals surface area contributed by atoms with Gasteiger partial charge in [-0.05, 0) is 36.4 Å². The second-order valence-electron chi connectivity index (χ2n) is 4.66. The molecule has 2 aromatic rings. The number of hydrogen-bond donors (Lipinski definition) is 2. The number of rotatable bonds is 6. The molecule has 0 aliphatic rings. The van der Waals surface area contributed by atoms with E-state index in [1.807, 2.05) is 12.1 Å². The van der Waals surface area contributed by atoms with E-state index in [-0.39, 0.29) is 23.9 Å². The minimum atomic E-state index is -3.66. The maximum absolute atomic E-state index is 12.0. The highest BCUT2D eigenvalue weighted by Gasteiger charge is 2.13. The molecule has 2 rings (SSSR count). The van der Waals surface area contributed by atoms with Gasteiger partial charge in [-0.2, -0.15) is 5.26 Å². The summed E-state index contributed by atoms with van der Waals surface area (Å²) < 4.78 is 26.5. The third-order valence-corrected chi connectivity index (χ3v) is 4.51. The standard InChI is InChI=1S/C16H15N3O3S/c17-12-13-6-8-15(9-7-13)23(21,22)19-11-10-18-16(20)14-4-2-1-3-5-14/h1-9,19H,10-11H2,(H,18,20). The predicted molar refractivity (Wildman–Crippen MR) is 85.1 cm³/mol. The van der Waals surface area contributed by atoms with Crippen LogP contribution in [0.15, 0.2) is 59.5 Å². The first-order valence-electron chi connectivity index (χ1n) is 6.86. The maximum atomic E-state index is 12.0. The van der Waals surface area contributed by atoms with E-state index >= 15 is 0 Å². The number of amides is 1. The van der Waals surface area contributed by atoms with Crippen LogP contribution < -0.4 is 10.0 Å². The fourth-order valence-corrected chi connectivity index (χ4v) is 2.88. The summed E-state index contributed by atoms with van der Waals surface area (Å²) in [5.41, 5.74) is 0.904. The number of hydrogen-bond acceptors (Lipinski definition) is 4. The van der Waals surface area contributed by atoms with Crippen molar-refractivity contribution in [2.24, 2.45) is 0 Å². The van der Waals surface area contributed by atoms with E-state index in [9.17, 15) is 13.2 Å². The van der Waals surface area contributed by atoms with Crippen molar-refractivity contribution in [3.8, 4) is 6.07 Å². The molecule has 0 unspecified atom stereocenters. The highest BCUT2D eigenvalue weighted by Crippen LogP contribution is 2.09. The summed E-state index contributed by atoms with van der Waals surface area (Å²) in [6, 6.07) is 16.2. The average molecular weight is 329 g/mol. The Kier molecular flexibility index (Phi) is 5.46. The lowest BCUT2D eigenvalue weighted by molar-refractivity contribution is 0.0954. The van der Waals surface area contributed by atoms with Crippen molar-refractivity contribution >= 4 is 15.9 Å². The molecule has 0 saturated heterocycles. The Bertz CT molecular complexity index is 810. The van der Waals surface area contributed by atoms with E-state index in [1.54, 1.807) is 24.3 Å². The summed E-state index contributed by atoms with van der Waals surface area (Å²) in [7, 11) is -3.66. The second kappa shape index (κ2) is 7.54. The lowest BCUT2D eigenvalue weighted by Gasteiger charge is -2.08. The number of nitriles is 1. The van der Waals surface area contributed by atoms with Crippen LogP contribution >= 0.6 is 0 Å². The molecule has 0 aromatic heterocycles. The quantitative estimate of drug-likeness (QED) is 0.780. The van der Waals surface area contributed by atoms with Crippen LogP contribution in [-0.4, -0.2) is 27.4 Å². The van der Waals surface area contributed by atoms with E-state index < -0.39 is 10.0 Å². The van der Waals surface area contributed by atoms with E-state index in [0.29, 0.717) is 11.1 Å². The smallest absolute Gasteiger partial charge is 0.251 e. The van der Waals surface area contributed by atoms with Crippen molar-refractivity contribution in [3.63, 3.8) is 0 Å². The molecule has 0 aliphatic heterocycles. The van der Waals surface area contributed by atoms with Crippen molar-refractivity contribution in [1.29, 1.82) is 5.26 Å². The van der Waals surface area contributed by atoms with Crippen molar-refractivity contribution in [2.75, 3.05) is 13.1 Å². The SMILES string of the molecule is N#Cc1ccc(S(=O)(=O)NCCNC(=O)c2ccccc2)cc1. The Hall–Kier alpha value is -2.69. The summed E-state index contributed by atoms with van der Waals surface area (Å²) in [6.07, 6.45) is 0. The molecule has 0 bridgehead atoms. The van der Waals surface area contributed by atoms with Crippen LogP contribution in [0.2, 0.25) is 0 Å². The lowest BCUT2D eigenvalue weighted by Crippen LogP contribution is -2.34. The molecule has 2 aromatic carbocycles. The minimum absolute atomic E-state index is 0.0703. The maximum Gasteiger partial charge on any atom is 0.251 e. The zero-order valence-corrected chi connectivity index (χ0v) is 13.0. The summed E-state index contributed by atoms with van der Waals surface area (Å²) in [4.78, 5) is 11.9. The minimum Gasteiger partial charge on any atom is -0.351 e. The molecule has 118 valence electrons. The topological polar surface area (TPSA) is 99.1 Å². The summed E-state index contributed by atoms with van der Waals surface area (Å²) in [6.45, 7) is 0.240. The number of carbonyl (C=O) groups excluding carboxylic acids is 1. The summed E-state index contributed by atoms with van der Waals surface area (Å²) in [5.74, 6) is -0.261. The molecule has 2 N–H and O–H groups in total. The van der Waals surface area contributed by atoms with Gasteiger partial charge in [0.15, 0.2) is 0 Å². The Morgan fingerprint density at radius 3 is 2.26 bits per heavy atom. The zero-order valence-electron chi connectivity index (χ0n) is 12.2. The van der Waals surface area contributed by atoms with Gasteiger partial charge < -0.3 is 5.32 Å². The van der Waals surface area contributed by atoms with Crippen molar-refractivity contribution in [2.45, 2.75) is 4.90 Å². The molecule has 0 atom stereocenters. The number of benzene rings is 2. The molecule has 0 fully saturated rings. The van der Waals surface area contributed by atoms with Gasteiger partial charge >= 0.3 is 0 Å². The molecule has 0 heterocycles. The first kappa shape index (κ1) is 16.7. The highest BCUT2D eigenvalue weighted by atomic mass is 32.2. The van der Waals surface area contributed by atoms with E-state index in [1.165, 1.54) is 24.3 Å². The Labute approximate surface area is 134 Å². The Morgan fingerprint density at radius 1 is 1.00 bits per heavy atom. The Morgan fingerprint density at radius 2 is 1.65 bits per heavy atom. The molecule has 0 spiro atoms. The van der Waals surface area contributed by atoms with Gasteiger partial charge in [-0.15, -0.1) is 0 Å². The summed E-state index contributed by atoms with van der Waals surface area (Å²) >= 11 is 0. The van der Waals surface area contributed by atoms with Crippen LogP contribution in [0.1, 0.15) is 15.9 Å². The first-order valence-corrected chi connectivity index (χ1v) is 8.34. The van der Waals surface area contributed by atoms with Gasteiger partial charge in [0, 0.05) is 18.7 Å². The molecule has 1 amide bonds. The van der Waals surface area contributed by atoms with Gasteiger partial charge in [0.25, 0.3) is 5.91 Å². The number of nitrogens with zero attached hydrogens (tertiary/aromatic N) is 1. The van der Waals surface area contributed by atoms with Crippen molar-refractivity contribution in [1.82, 2.24) is 10.0 Å². The van der Waals surface area contributed by atoms with Crippen LogP contribution in [0.3, 0.4) is 0 Å². The normalized spacial score (nSPS) is 10.7. The van der Waals surface area contributed by atoms with Gasteiger partial charge in [-0.1, -0.05) is 18.2 Å². The van der Waals surface area contributed by atoms with Gasteiger partial charge in [0.1, 0.15) is 0 Å². The summed E-state index contributed by atoms with van der Waals surface area (Å²) in [5, 5.41) is 11.3. The fourth-order valence-electron chi connectivity index (χ4n) is 1.84. The lowest BCUT2D eigenvalue weighted by atomic mass is 10.2. The predicted octanol–water partition coefficient (Wildman–Crippen LogP) is 1.27. The molecule has 6 nitrogen and oxygen atoms in total. The molecular weight excluding hydrogens is 314 g/mol. The number of sulfonamides is 1. The average Bonchev–Trinajstić information content (AvgIpc) is 2.59. The van der Waals surface area contributed by atoms with E-state index in [4.69, 9.17) is 5.26 Å². The molecule has 0 radical (unpaired) electrons. The second-order valence-corrected chi connectivity index (χ2v) is 6.42. The van der Waals surface area contributed by atoms with Crippen LogP contribution in [0, 0.1) is 11.3 Å².